The van der Waals surface area contributed by atoms with Gasteiger partial charge in [-0.15, -0.1) is 11.3 Å². The largest absolute Gasteiger partial charge is 0.416 e. The molecular formula is C14H9F3N4S. The number of nitrogens with one attached hydrogen (secondary N) is 1. The zero-order valence-corrected chi connectivity index (χ0v) is 11.8. The monoisotopic (exact) mass is 322 g/mol. The summed E-state index contributed by atoms with van der Waals surface area (Å²) in [6.45, 7) is 0. The summed E-state index contributed by atoms with van der Waals surface area (Å²) < 4.78 is 37.5. The van der Waals surface area contributed by atoms with E-state index in [2.05, 4.69) is 20.3 Å². The molecule has 2 aromatic heterocycles. The van der Waals surface area contributed by atoms with Gasteiger partial charge >= 0.3 is 6.18 Å². The molecule has 4 nitrogen and oxygen atoms in total. The Kier molecular flexibility index (Phi) is 3.76. The van der Waals surface area contributed by atoms with Gasteiger partial charge in [0.15, 0.2) is 5.13 Å². The van der Waals surface area contributed by atoms with Gasteiger partial charge in [0, 0.05) is 29.0 Å². The average Bonchev–Trinajstić information content (AvgIpc) is 2.96. The van der Waals surface area contributed by atoms with Crippen LogP contribution in [-0.4, -0.2) is 15.0 Å². The van der Waals surface area contributed by atoms with Crippen molar-refractivity contribution in [3.63, 3.8) is 0 Å². The highest BCUT2D eigenvalue weighted by Crippen LogP contribution is 2.31. The molecule has 0 saturated carbocycles. The van der Waals surface area contributed by atoms with Gasteiger partial charge in [-0.25, -0.2) is 15.0 Å². The first-order chi connectivity index (χ1) is 10.5. The lowest BCUT2D eigenvalue weighted by molar-refractivity contribution is -0.137. The molecule has 0 bridgehead atoms. The van der Waals surface area contributed by atoms with Crippen molar-refractivity contribution >= 4 is 22.2 Å². The van der Waals surface area contributed by atoms with Gasteiger partial charge in [-0.1, -0.05) is 0 Å². The second-order valence-corrected chi connectivity index (χ2v) is 5.22. The van der Waals surface area contributed by atoms with Crippen LogP contribution in [0.25, 0.3) is 11.3 Å². The molecule has 0 spiro atoms. The van der Waals surface area contributed by atoms with Gasteiger partial charge in [0.05, 0.1) is 11.3 Å². The standard InChI is InChI=1S/C14H9F3N4S/c15-14(16,17)10-1-3-11(4-2-10)20-13-21-12(7-22-13)9-5-18-8-19-6-9/h1-8H,(H,20,21). The SMILES string of the molecule is FC(F)(F)c1ccc(Nc2nc(-c3cncnc3)cs2)cc1. The zero-order chi connectivity index (χ0) is 15.6. The van der Waals surface area contributed by atoms with Crippen LogP contribution >= 0.6 is 11.3 Å². The van der Waals surface area contributed by atoms with Crippen LogP contribution in [0.5, 0.6) is 0 Å². The van der Waals surface area contributed by atoms with Crippen LogP contribution in [-0.2, 0) is 6.18 Å². The summed E-state index contributed by atoms with van der Waals surface area (Å²) in [6, 6.07) is 4.80. The molecule has 1 N–H and O–H groups in total. The molecule has 0 saturated heterocycles. The lowest BCUT2D eigenvalue weighted by Crippen LogP contribution is -2.04. The van der Waals surface area contributed by atoms with Crippen molar-refractivity contribution in [1.29, 1.82) is 0 Å². The smallest absolute Gasteiger partial charge is 0.332 e. The third-order valence-corrected chi connectivity index (χ3v) is 3.58. The topological polar surface area (TPSA) is 50.7 Å². The third-order valence-electron chi connectivity index (χ3n) is 2.82. The van der Waals surface area contributed by atoms with Crippen molar-refractivity contribution in [3.05, 3.63) is 53.9 Å². The first-order valence-electron chi connectivity index (χ1n) is 6.17. The fraction of sp³-hybridized carbons (Fsp3) is 0.0714. The van der Waals surface area contributed by atoms with Crippen molar-refractivity contribution in [2.45, 2.75) is 6.18 Å². The molecule has 3 rings (SSSR count). The molecule has 0 atom stereocenters. The molecule has 0 unspecified atom stereocenters. The van der Waals surface area contributed by atoms with Crippen LogP contribution in [0.3, 0.4) is 0 Å². The molecule has 0 amide bonds. The van der Waals surface area contributed by atoms with E-state index in [0.29, 0.717) is 16.5 Å². The van der Waals surface area contributed by atoms with Crippen LogP contribution in [0.15, 0.2) is 48.4 Å². The van der Waals surface area contributed by atoms with Crippen LogP contribution in [0, 0.1) is 0 Å². The molecule has 1 aromatic carbocycles. The molecule has 2 heterocycles. The number of alkyl halides is 3. The number of hydrogen-bond donors (Lipinski definition) is 1. The minimum Gasteiger partial charge on any atom is -0.332 e. The van der Waals surface area contributed by atoms with Crippen molar-refractivity contribution in [2.75, 3.05) is 5.32 Å². The maximum Gasteiger partial charge on any atom is 0.416 e. The van der Waals surface area contributed by atoms with Gasteiger partial charge in [0.25, 0.3) is 0 Å². The highest BCUT2D eigenvalue weighted by atomic mass is 32.1. The van der Waals surface area contributed by atoms with E-state index in [9.17, 15) is 13.2 Å². The van der Waals surface area contributed by atoms with Crippen molar-refractivity contribution in [2.24, 2.45) is 0 Å². The maximum absolute atomic E-state index is 12.5. The predicted molar refractivity (Wildman–Crippen MR) is 77.9 cm³/mol. The van der Waals surface area contributed by atoms with Crippen molar-refractivity contribution in [3.8, 4) is 11.3 Å². The number of rotatable bonds is 3. The highest BCUT2D eigenvalue weighted by molar-refractivity contribution is 7.14. The number of nitrogens with zero attached hydrogens (tertiary/aromatic N) is 3. The zero-order valence-electron chi connectivity index (χ0n) is 11.0. The normalized spacial score (nSPS) is 11.4. The Labute approximate surface area is 127 Å². The van der Waals surface area contributed by atoms with Gasteiger partial charge in [0.1, 0.15) is 6.33 Å². The summed E-state index contributed by atoms with van der Waals surface area (Å²) in [4.78, 5) is 12.2. The summed E-state index contributed by atoms with van der Waals surface area (Å²) in [5.74, 6) is 0. The summed E-state index contributed by atoms with van der Waals surface area (Å²) in [6.07, 6.45) is 0.380. The van der Waals surface area contributed by atoms with Crippen molar-refractivity contribution < 1.29 is 13.2 Å². The summed E-state index contributed by atoms with van der Waals surface area (Å²) in [5, 5.41) is 5.38. The maximum atomic E-state index is 12.5. The second kappa shape index (κ2) is 5.72. The Balaban J connectivity index is 1.76. The fourth-order valence-corrected chi connectivity index (χ4v) is 2.50. The van der Waals surface area contributed by atoms with Crippen LogP contribution in [0.4, 0.5) is 24.0 Å². The minimum atomic E-state index is -4.33. The number of benzene rings is 1. The molecule has 0 fully saturated rings. The van der Waals surface area contributed by atoms with Gasteiger partial charge in [0.2, 0.25) is 0 Å². The van der Waals surface area contributed by atoms with Crippen LogP contribution in [0.1, 0.15) is 5.56 Å². The molecule has 3 aromatic rings. The Morgan fingerprint density at radius 3 is 2.32 bits per heavy atom. The summed E-state index contributed by atoms with van der Waals surface area (Å²) in [7, 11) is 0. The fourth-order valence-electron chi connectivity index (χ4n) is 1.76. The van der Waals surface area contributed by atoms with E-state index in [0.717, 1.165) is 17.7 Å². The molecule has 0 aliphatic carbocycles. The van der Waals surface area contributed by atoms with Gasteiger partial charge in [-0.05, 0) is 24.3 Å². The van der Waals surface area contributed by atoms with E-state index >= 15 is 0 Å². The average molecular weight is 322 g/mol. The number of thiazole rings is 1. The van der Waals surface area contributed by atoms with E-state index in [1.807, 2.05) is 5.38 Å². The van der Waals surface area contributed by atoms with E-state index < -0.39 is 11.7 Å². The van der Waals surface area contributed by atoms with Gasteiger partial charge in [-0.2, -0.15) is 13.2 Å². The first kappa shape index (κ1) is 14.5. The van der Waals surface area contributed by atoms with E-state index in [-0.39, 0.29) is 0 Å². The number of aromatic nitrogens is 3. The molecule has 8 heteroatoms. The second-order valence-electron chi connectivity index (χ2n) is 4.37. The van der Waals surface area contributed by atoms with Gasteiger partial charge in [-0.3, -0.25) is 0 Å². The Hall–Kier alpha value is -2.48. The molecular weight excluding hydrogens is 313 g/mol. The summed E-state index contributed by atoms with van der Waals surface area (Å²) >= 11 is 1.35. The summed E-state index contributed by atoms with van der Waals surface area (Å²) in [5.41, 5.74) is 1.34. The first-order valence-corrected chi connectivity index (χ1v) is 7.05. The molecule has 0 aliphatic heterocycles. The number of halogens is 3. The number of anilines is 2. The van der Waals surface area contributed by atoms with E-state index in [1.54, 1.807) is 12.4 Å². The number of hydrogen-bond acceptors (Lipinski definition) is 5. The molecule has 0 aliphatic rings. The molecule has 112 valence electrons. The minimum absolute atomic E-state index is 0.540. The van der Waals surface area contributed by atoms with E-state index in [1.165, 1.54) is 29.8 Å². The van der Waals surface area contributed by atoms with Crippen LogP contribution in [0.2, 0.25) is 0 Å². The molecule has 22 heavy (non-hydrogen) atoms. The predicted octanol–water partition coefficient (Wildman–Crippen LogP) is 4.36. The van der Waals surface area contributed by atoms with E-state index in [4.69, 9.17) is 0 Å². The Morgan fingerprint density at radius 1 is 1.00 bits per heavy atom. The highest BCUT2D eigenvalue weighted by Gasteiger charge is 2.29. The Morgan fingerprint density at radius 2 is 1.68 bits per heavy atom. The lowest BCUT2D eigenvalue weighted by Gasteiger charge is -2.07. The van der Waals surface area contributed by atoms with Crippen LogP contribution < -0.4 is 5.32 Å². The lowest BCUT2D eigenvalue weighted by atomic mass is 10.2. The van der Waals surface area contributed by atoms with Gasteiger partial charge < -0.3 is 5.32 Å². The van der Waals surface area contributed by atoms with Crippen molar-refractivity contribution in [1.82, 2.24) is 15.0 Å². The Bertz CT molecular complexity index is 754. The third kappa shape index (κ3) is 3.22. The molecule has 0 radical (unpaired) electrons. The quantitative estimate of drug-likeness (QED) is 0.778.